The number of nitrogens with one attached hydrogen (secondary N) is 2. The summed E-state index contributed by atoms with van der Waals surface area (Å²) in [6.45, 7) is 5.25. The lowest BCUT2D eigenvalue weighted by atomic mass is 10.0. The van der Waals surface area contributed by atoms with Crippen LogP contribution in [0, 0.1) is 5.92 Å². The van der Waals surface area contributed by atoms with Gasteiger partial charge in [-0.3, -0.25) is 9.59 Å². The Morgan fingerprint density at radius 1 is 1.14 bits per heavy atom. The maximum Gasteiger partial charge on any atom is 0.251 e. The molecule has 0 spiro atoms. The minimum absolute atomic E-state index is 0.00698. The number of aliphatic hydroxyl groups excluding tert-OH is 1. The van der Waals surface area contributed by atoms with Crippen molar-refractivity contribution in [3.63, 3.8) is 0 Å². The van der Waals surface area contributed by atoms with Crippen LogP contribution in [-0.2, 0) is 4.79 Å². The van der Waals surface area contributed by atoms with Crippen molar-refractivity contribution in [2.24, 2.45) is 5.92 Å². The van der Waals surface area contributed by atoms with E-state index in [2.05, 4.69) is 10.6 Å². The molecule has 0 aliphatic carbocycles. The molecule has 2 amide bonds. The molecular formula is C15H21ClN2O3. The van der Waals surface area contributed by atoms with Crippen LogP contribution in [0.5, 0.6) is 0 Å². The Hall–Kier alpha value is -1.59. The van der Waals surface area contributed by atoms with Crippen molar-refractivity contribution in [1.29, 1.82) is 0 Å². The number of hydrogen-bond donors (Lipinski definition) is 3. The summed E-state index contributed by atoms with van der Waals surface area (Å²) in [6.07, 6.45) is 0. The van der Waals surface area contributed by atoms with E-state index in [9.17, 15) is 9.59 Å². The van der Waals surface area contributed by atoms with E-state index in [-0.39, 0.29) is 30.4 Å². The summed E-state index contributed by atoms with van der Waals surface area (Å²) in [6, 6.07) is 5.59. The van der Waals surface area contributed by atoms with Crippen LogP contribution >= 0.6 is 11.6 Å². The van der Waals surface area contributed by atoms with Gasteiger partial charge in [0.2, 0.25) is 5.91 Å². The molecule has 6 heteroatoms. The highest BCUT2D eigenvalue weighted by Gasteiger charge is 2.20. The standard InChI is InChI=1S/C15H21ClN2O3/c1-9(8-19)10(2)17-14(20)11(3)18-15(21)12-4-6-13(16)7-5-12/h4-7,9-11,19H,8H2,1-3H3,(H,17,20)(H,18,21). The molecule has 0 saturated heterocycles. The average Bonchev–Trinajstić information content (AvgIpc) is 2.46. The first-order valence-corrected chi connectivity index (χ1v) is 7.20. The Labute approximate surface area is 129 Å². The van der Waals surface area contributed by atoms with Crippen molar-refractivity contribution in [2.45, 2.75) is 32.9 Å². The fraction of sp³-hybridized carbons (Fsp3) is 0.467. The molecule has 3 atom stereocenters. The van der Waals surface area contributed by atoms with E-state index in [0.717, 1.165) is 0 Å². The summed E-state index contributed by atoms with van der Waals surface area (Å²) in [5, 5.41) is 15.0. The lowest BCUT2D eigenvalue weighted by Crippen LogP contribution is -2.49. The summed E-state index contributed by atoms with van der Waals surface area (Å²) < 4.78 is 0. The van der Waals surface area contributed by atoms with Gasteiger partial charge in [-0.05, 0) is 44.0 Å². The van der Waals surface area contributed by atoms with E-state index in [1.54, 1.807) is 31.2 Å². The van der Waals surface area contributed by atoms with Crippen molar-refractivity contribution in [1.82, 2.24) is 10.6 Å². The van der Waals surface area contributed by atoms with Gasteiger partial charge < -0.3 is 15.7 Å². The predicted molar refractivity (Wildman–Crippen MR) is 82.2 cm³/mol. The fourth-order valence-corrected chi connectivity index (χ4v) is 1.72. The molecule has 0 aliphatic heterocycles. The zero-order valence-electron chi connectivity index (χ0n) is 12.4. The lowest BCUT2D eigenvalue weighted by molar-refractivity contribution is -0.123. The zero-order chi connectivity index (χ0) is 16.0. The van der Waals surface area contributed by atoms with Gasteiger partial charge >= 0.3 is 0 Å². The number of aliphatic hydroxyl groups is 1. The fourth-order valence-electron chi connectivity index (χ4n) is 1.60. The maximum absolute atomic E-state index is 12.0. The monoisotopic (exact) mass is 312 g/mol. The van der Waals surface area contributed by atoms with Crippen molar-refractivity contribution < 1.29 is 14.7 Å². The smallest absolute Gasteiger partial charge is 0.251 e. The Morgan fingerprint density at radius 3 is 2.24 bits per heavy atom. The third kappa shape index (κ3) is 5.36. The van der Waals surface area contributed by atoms with Crippen LogP contribution in [-0.4, -0.2) is 35.6 Å². The number of amides is 2. The lowest BCUT2D eigenvalue weighted by Gasteiger charge is -2.22. The number of carbonyl (C=O) groups is 2. The highest BCUT2D eigenvalue weighted by atomic mass is 35.5. The number of hydrogen-bond acceptors (Lipinski definition) is 3. The van der Waals surface area contributed by atoms with E-state index in [0.29, 0.717) is 10.6 Å². The third-order valence-corrected chi connectivity index (χ3v) is 3.61. The van der Waals surface area contributed by atoms with E-state index in [1.807, 2.05) is 13.8 Å². The molecule has 0 radical (unpaired) electrons. The molecule has 0 heterocycles. The van der Waals surface area contributed by atoms with Crippen LogP contribution in [0.2, 0.25) is 5.02 Å². The second-order valence-corrected chi connectivity index (χ2v) is 5.60. The molecule has 1 rings (SSSR count). The Balaban J connectivity index is 2.55. The molecular weight excluding hydrogens is 292 g/mol. The first-order valence-electron chi connectivity index (χ1n) is 6.82. The predicted octanol–water partition coefficient (Wildman–Crippen LogP) is 1.59. The number of halogens is 1. The molecule has 116 valence electrons. The topological polar surface area (TPSA) is 78.4 Å². The maximum atomic E-state index is 12.0. The molecule has 0 fully saturated rings. The van der Waals surface area contributed by atoms with Crippen LogP contribution in [0.4, 0.5) is 0 Å². The molecule has 5 nitrogen and oxygen atoms in total. The van der Waals surface area contributed by atoms with Gasteiger partial charge in [-0.15, -0.1) is 0 Å². The summed E-state index contributed by atoms with van der Waals surface area (Å²) in [7, 11) is 0. The van der Waals surface area contributed by atoms with Gasteiger partial charge in [-0.25, -0.2) is 0 Å². The van der Waals surface area contributed by atoms with Gasteiger partial charge in [-0.1, -0.05) is 18.5 Å². The first-order chi connectivity index (χ1) is 9.85. The van der Waals surface area contributed by atoms with Gasteiger partial charge in [0.1, 0.15) is 6.04 Å². The Kier molecular flexibility index (Phi) is 6.65. The van der Waals surface area contributed by atoms with Gasteiger partial charge in [0.15, 0.2) is 0 Å². The molecule has 3 N–H and O–H groups in total. The molecule has 0 bridgehead atoms. The number of rotatable bonds is 6. The van der Waals surface area contributed by atoms with Crippen LogP contribution in [0.1, 0.15) is 31.1 Å². The van der Waals surface area contributed by atoms with Crippen molar-refractivity contribution in [3.8, 4) is 0 Å². The van der Waals surface area contributed by atoms with Gasteiger partial charge in [-0.2, -0.15) is 0 Å². The van der Waals surface area contributed by atoms with Gasteiger partial charge in [0, 0.05) is 23.2 Å². The van der Waals surface area contributed by atoms with Crippen LogP contribution in [0.25, 0.3) is 0 Å². The molecule has 0 aliphatic rings. The molecule has 1 aromatic carbocycles. The quantitative estimate of drug-likeness (QED) is 0.746. The minimum atomic E-state index is -0.665. The number of carbonyl (C=O) groups excluding carboxylic acids is 2. The summed E-state index contributed by atoms with van der Waals surface area (Å²) >= 11 is 5.76. The average molecular weight is 313 g/mol. The molecule has 0 saturated carbocycles. The zero-order valence-corrected chi connectivity index (χ0v) is 13.1. The third-order valence-electron chi connectivity index (χ3n) is 3.36. The van der Waals surface area contributed by atoms with Crippen LogP contribution in [0.15, 0.2) is 24.3 Å². The normalized spacial score (nSPS) is 14.9. The SMILES string of the molecule is CC(NC(=O)c1ccc(Cl)cc1)C(=O)NC(C)C(C)CO. The Morgan fingerprint density at radius 2 is 1.71 bits per heavy atom. The van der Waals surface area contributed by atoms with Crippen molar-refractivity contribution in [2.75, 3.05) is 6.61 Å². The van der Waals surface area contributed by atoms with Crippen LogP contribution < -0.4 is 10.6 Å². The summed E-state index contributed by atoms with van der Waals surface area (Å²) in [5.41, 5.74) is 0.441. The molecule has 0 aromatic heterocycles. The first kappa shape index (κ1) is 17.5. The highest BCUT2D eigenvalue weighted by Crippen LogP contribution is 2.09. The molecule has 1 aromatic rings. The second-order valence-electron chi connectivity index (χ2n) is 5.16. The Bertz CT molecular complexity index is 490. The highest BCUT2D eigenvalue weighted by molar-refractivity contribution is 6.30. The summed E-state index contributed by atoms with van der Waals surface area (Å²) in [4.78, 5) is 23.9. The molecule has 3 unspecified atom stereocenters. The van der Waals surface area contributed by atoms with Gasteiger partial charge in [0.25, 0.3) is 5.91 Å². The molecule has 21 heavy (non-hydrogen) atoms. The number of benzene rings is 1. The van der Waals surface area contributed by atoms with Crippen LogP contribution in [0.3, 0.4) is 0 Å². The summed E-state index contributed by atoms with van der Waals surface area (Å²) in [5.74, 6) is -0.671. The van der Waals surface area contributed by atoms with Crippen molar-refractivity contribution >= 4 is 23.4 Å². The van der Waals surface area contributed by atoms with E-state index < -0.39 is 6.04 Å². The minimum Gasteiger partial charge on any atom is -0.396 e. The van der Waals surface area contributed by atoms with E-state index in [4.69, 9.17) is 16.7 Å². The van der Waals surface area contributed by atoms with Crippen molar-refractivity contribution in [3.05, 3.63) is 34.9 Å². The van der Waals surface area contributed by atoms with E-state index >= 15 is 0 Å². The largest absolute Gasteiger partial charge is 0.396 e. The van der Waals surface area contributed by atoms with E-state index in [1.165, 1.54) is 0 Å². The van der Waals surface area contributed by atoms with Gasteiger partial charge in [0.05, 0.1) is 0 Å². The second kappa shape index (κ2) is 8.00.